The molecule has 1 saturated carbocycles. The van der Waals surface area contributed by atoms with Crippen LogP contribution >= 0.6 is 31.9 Å². The Labute approximate surface area is 209 Å². The number of halogens is 2. The van der Waals surface area contributed by atoms with Crippen molar-refractivity contribution in [2.45, 2.75) is 31.5 Å². The van der Waals surface area contributed by atoms with Gasteiger partial charge in [0, 0.05) is 31.6 Å². The molecule has 6 rings (SSSR count). The third-order valence-electron chi connectivity index (χ3n) is 6.70. The number of rotatable bonds is 2. The van der Waals surface area contributed by atoms with Gasteiger partial charge in [0.2, 0.25) is 6.23 Å². The average Bonchev–Trinajstić information content (AvgIpc) is 3.22. The maximum atomic E-state index is 10.4. The van der Waals surface area contributed by atoms with Gasteiger partial charge in [-0.3, -0.25) is 0 Å². The highest BCUT2D eigenvalue weighted by molar-refractivity contribution is 9.10. The van der Waals surface area contributed by atoms with Crippen LogP contribution in [0.4, 0.5) is 0 Å². The first-order valence-electron chi connectivity index (χ1n) is 11.2. The number of hydrazone groups is 1. The fourth-order valence-corrected chi connectivity index (χ4v) is 5.99. The lowest BCUT2D eigenvalue weighted by atomic mass is 9.77. The highest BCUT2D eigenvalue weighted by atomic mass is 79.9. The molecule has 3 unspecified atom stereocenters. The lowest BCUT2D eigenvalue weighted by molar-refractivity contribution is -0.0293. The molecule has 0 saturated heterocycles. The number of ether oxygens (including phenoxy) is 1. The van der Waals surface area contributed by atoms with Crippen LogP contribution in [0, 0.1) is 5.92 Å². The Hall–Kier alpha value is -2.57. The summed E-state index contributed by atoms with van der Waals surface area (Å²) < 4.78 is 8.50. The number of hydrogen-bond donors (Lipinski definition) is 1. The SMILES string of the molecule is Oc1ccc(Br)cc1C=C1CCCC2C1=NN1C(c3ccccc3)Oc3ccc(Br)cc3C21. The number of phenolic OH excluding ortho intramolecular Hbond substituents is 1. The second-order valence-electron chi connectivity index (χ2n) is 8.74. The topological polar surface area (TPSA) is 45.1 Å². The molecule has 3 aromatic rings. The summed E-state index contributed by atoms with van der Waals surface area (Å²) in [7, 11) is 0. The molecule has 0 amide bonds. The zero-order valence-electron chi connectivity index (χ0n) is 17.8. The van der Waals surface area contributed by atoms with E-state index in [2.05, 4.69) is 67.2 Å². The minimum absolute atomic E-state index is 0.117. The van der Waals surface area contributed by atoms with Gasteiger partial charge in [0.05, 0.1) is 11.8 Å². The first-order valence-corrected chi connectivity index (χ1v) is 12.7. The van der Waals surface area contributed by atoms with E-state index in [1.807, 2.05) is 36.4 Å². The minimum atomic E-state index is -0.275. The van der Waals surface area contributed by atoms with Crippen LogP contribution in [0.3, 0.4) is 0 Å². The molecule has 2 aliphatic heterocycles. The van der Waals surface area contributed by atoms with Crippen LogP contribution in [0.15, 0.2) is 86.3 Å². The Morgan fingerprint density at radius 1 is 1.00 bits per heavy atom. The number of hydrogen-bond acceptors (Lipinski definition) is 4. The van der Waals surface area contributed by atoms with E-state index in [1.165, 1.54) is 11.1 Å². The van der Waals surface area contributed by atoms with Crippen molar-refractivity contribution in [3.8, 4) is 11.5 Å². The van der Waals surface area contributed by atoms with Gasteiger partial charge in [-0.15, -0.1) is 0 Å². The largest absolute Gasteiger partial charge is 0.507 e. The van der Waals surface area contributed by atoms with Crippen molar-refractivity contribution < 1.29 is 9.84 Å². The predicted molar refractivity (Wildman–Crippen MR) is 137 cm³/mol. The van der Waals surface area contributed by atoms with Gasteiger partial charge >= 0.3 is 0 Å². The summed E-state index contributed by atoms with van der Waals surface area (Å²) in [6.07, 6.45) is 4.95. The van der Waals surface area contributed by atoms with E-state index >= 15 is 0 Å². The van der Waals surface area contributed by atoms with Crippen molar-refractivity contribution in [1.82, 2.24) is 5.01 Å². The highest BCUT2D eigenvalue weighted by Crippen LogP contribution is 2.53. The van der Waals surface area contributed by atoms with Gasteiger partial charge in [0.1, 0.15) is 11.5 Å². The third-order valence-corrected chi connectivity index (χ3v) is 7.69. The fraction of sp³-hybridized carbons (Fsp3) is 0.222. The zero-order chi connectivity index (χ0) is 22.5. The van der Waals surface area contributed by atoms with Crippen LogP contribution in [-0.4, -0.2) is 15.8 Å². The molecule has 3 atom stereocenters. The number of phenols is 1. The van der Waals surface area contributed by atoms with Crippen LogP contribution in [0.5, 0.6) is 11.5 Å². The summed E-state index contributed by atoms with van der Waals surface area (Å²) in [5.41, 5.74) is 5.38. The summed E-state index contributed by atoms with van der Waals surface area (Å²) in [6, 6.07) is 22.2. The summed E-state index contributed by atoms with van der Waals surface area (Å²) in [6.45, 7) is 0. The van der Waals surface area contributed by atoms with Crippen LogP contribution in [0.2, 0.25) is 0 Å². The molecule has 3 aliphatic rings. The van der Waals surface area contributed by atoms with E-state index in [0.29, 0.717) is 0 Å². The monoisotopic (exact) mass is 564 g/mol. The van der Waals surface area contributed by atoms with Crippen molar-refractivity contribution in [2.75, 3.05) is 0 Å². The van der Waals surface area contributed by atoms with Gasteiger partial charge in [0.25, 0.3) is 0 Å². The zero-order valence-corrected chi connectivity index (χ0v) is 21.0. The molecule has 1 fully saturated rings. The number of benzene rings is 3. The maximum Gasteiger partial charge on any atom is 0.213 e. The Kier molecular flexibility index (Phi) is 5.30. The number of aromatic hydroxyl groups is 1. The maximum absolute atomic E-state index is 10.4. The summed E-state index contributed by atoms with van der Waals surface area (Å²) in [4.78, 5) is 0. The first kappa shape index (κ1) is 21.0. The van der Waals surface area contributed by atoms with Crippen molar-refractivity contribution in [2.24, 2.45) is 11.0 Å². The third kappa shape index (κ3) is 3.69. The molecular formula is C27H22Br2N2O2. The van der Waals surface area contributed by atoms with E-state index in [4.69, 9.17) is 9.84 Å². The molecule has 2 heterocycles. The Morgan fingerprint density at radius 2 is 1.79 bits per heavy atom. The molecule has 1 aliphatic carbocycles. The molecule has 3 aromatic carbocycles. The fourth-order valence-electron chi connectivity index (χ4n) is 5.23. The van der Waals surface area contributed by atoms with Gasteiger partial charge in [-0.05, 0) is 67.3 Å². The Balaban J connectivity index is 1.48. The Morgan fingerprint density at radius 3 is 2.64 bits per heavy atom. The molecular weight excluding hydrogens is 544 g/mol. The molecule has 6 heteroatoms. The lowest BCUT2D eigenvalue weighted by Gasteiger charge is -2.40. The summed E-state index contributed by atoms with van der Waals surface area (Å²) >= 11 is 7.18. The normalized spacial score (nSPS) is 24.5. The van der Waals surface area contributed by atoms with Gasteiger partial charge < -0.3 is 9.84 Å². The van der Waals surface area contributed by atoms with Crippen molar-refractivity contribution >= 4 is 43.6 Å². The number of nitrogens with zero attached hydrogens (tertiary/aromatic N) is 2. The molecule has 166 valence electrons. The van der Waals surface area contributed by atoms with Crippen LogP contribution in [-0.2, 0) is 0 Å². The van der Waals surface area contributed by atoms with E-state index < -0.39 is 0 Å². The smallest absolute Gasteiger partial charge is 0.213 e. The summed E-state index contributed by atoms with van der Waals surface area (Å²) in [5.74, 6) is 1.48. The van der Waals surface area contributed by atoms with Gasteiger partial charge in [-0.2, -0.15) is 5.10 Å². The number of allylic oxidation sites excluding steroid dienone is 1. The van der Waals surface area contributed by atoms with Crippen LogP contribution in [0.25, 0.3) is 6.08 Å². The quantitative estimate of drug-likeness (QED) is 0.348. The van der Waals surface area contributed by atoms with Gasteiger partial charge in [-0.25, -0.2) is 5.01 Å². The lowest BCUT2D eigenvalue weighted by Crippen LogP contribution is -2.36. The van der Waals surface area contributed by atoms with Gasteiger partial charge in [-0.1, -0.05) is 62.2 Å². The van der Waals surface area contributed by atoms with Crippen molar-refractivity contribution in [3.63, 3.8) is 0 Å². The van der Waals surface area contributed by atoms with Crippen LogP contribution < -0.4 is 4.74 Å². The van der Waals surface area contributed by atoms with E-state index in [0.717, 1.165) is 50.8 Å². The van der Waals surface area contributed by atoms with E-state index in [9.17, 15) is 5.11 Å². The number of fused-ring (bicyclic) bond motifs is 5. The average molecular weight is 566 g/mol. The van der Waals surface area contributed by atoms with E-state index in [-0.39, 0.29) is 23.9 Å². The molecule has 0 spiro atoms. The van der Waals surface area contributed by atoms with Crippen LogP contribution in [0.1, 0.15) is 48.2 Å². The van der Waals surface area contributed by atoms with Crippen molar-refractivity contribution in [3.05, 3.63) is 97.9 Å². The predicted octanol–water partition coefficient (Wildman–Crippen LogP) is 7.60. The summed E-state index contributed by atoms with van der Waals surface area (Å²) in [5, 5.41) is 17.8. The molecule has 33 heavy (non-hydrogen) atoms. The second kappa shape index (κ2) is 8.33. The minimum Gasteiger partial charge on any atom is -0.507 e. The standard InChI is InChI=1S/C27H22Br2N2O2/c28-19-9-11-23(32)18(14-19)13-17-7-4-8-21-25(17)30-31-26(21)22-15-20(29)10-12-24(22)33-27(31)16-5-2-1-3-6-16/h1-3,5-6,9-15,21,26-27,32H,4,7-8H2. The first-order chi connectivity index (χ1) is 16.1. The molecule has 4 nitrogen and oxygen atoms in total. The van der Waals surface area contributed by atoms with E-state index in [1.54, 1.807) is 6.07 Å². The molecule has 1 N–H and O–H groups in total. The Bertz CT molecular complexity index is 1290. The van der Waals surface area contributed by atoms with Gasteiger partial charge in [0.15, 0.2) is 0 Å². The molecule has 0 radical (unpaired) electrons. The molecule has 0 aromatic heterocycles. The second-order valence-corrected chi connectivity index (χ2v) is 10.6. The molecule has 0 bridgehead atoms. The highest BCUT2D eigenvalue weighted by Gasteiger charge is 2.48. The van der Waals surface area contributed by atoms with Crippen molar-refractivity contribution in [1.29, 1.82) is 0 Å².